The number of furan rings is 2. The molecule has 0 amide bonds. The van der Waals surface area contributed by atoms with Crippen molar-refractivity contribution in [1.29, 1.82) is 0 Å². The molecule has 0 saturated heterocycles. The molecule has 0 spiro atoms. The topological polar surface area (TPSA) is 29.5 Å². The summed E-state index contributed by atoms with van der Waals surface area (Å²) in [5.41, 5.74) is 19.8. The van der Waals surface area contributed by atoms with Crippen molar-refractivity contribution < 1.29 is 8.83 Å². The molecule has 0 fully saturated rings. The summed E-state index contributed by atoms with van der Waals surface area (Å²) in [4.78, 5) is 2.37. The van der Waals surface area contributed by atoms with Gasteiger partial charge in [-0.3, -0.25) is 0 Å². The van der Waals surface area contributed by atoms with E-state index < -0.39 is 5.41 Å². The fourth-order valence-electron chi connectivity index (χ4n) is 11.6. The quantitative estimate of drug-likeness (QED) is 0.152. The average molecular weight is 894 g/mol. The minimum Gasteiger partial charge on any atom is -0.456 e. The van der Waals surface area contributed by atoms with Crippen LogP contribution in [0.4, 0.5) is 17.1 Å². The number of hydrogen-bond acceptors (Lipinski definition) is 3. The standard InChI is InChI=1S/C67H43NO2/c1-5-21-44(22-6-1)45-39-41-49(42-40-45)68(58-36-17-14-29-50(58)46-23-7-2-8-24-46)59-37-20-32-51-55-43-61-63(53-31-15-18-38-60(53)69-61)64(66(55)70-65(51)59)54-33-19-35-57-62(54)52-30-13-16-34-56(52)67(57,47-25-9-3-10-26-47)48-27-11-4-12-28-48/h1-43H. The normalized spacial score (nSPS) is 12.7. The molecule has 13 aromatic rings. The third-order valence-electron chi connectivity index (χ3n) is 14.6. The highest BCUT2D eigenvalue weighted by atomic mass is 16.3. The molecule has 0 bridgehead atoms. The molecule has 0 N–H and O–H groups in total. The summed E-state index contributed by atoms with van der Waals surface area (Å²) in [5, 5.41) is 4.09. The van der Waals surface area contributed by atoms with Crippen LogP contribution in [0.15, 0.2) is 270 Å². The first-order chi connectivity index (χ1) is 34.8. The summed E-state index contributed by atoms with van der Waals surface area (Å²) in [6.07, 6.45) is 0. The van der Waals surface area contributed by atoms with Gasteiger partial charge in [0.15, 0.2) is 5.58 Å². The van der Waals surface area contributed by atoms with Crippen molar-refractivity contribution >= 4 is 60.9 Å². The van der Waals surface area contributed by atoms with Gasteiger partial charge in [-0.05, 0) is 92.0 Å². The summed E-state index contributed by atoms with van der Waals surface area (Å²) >= 11 is 0. The maximum atomic E-state index is 7.64. The third kappa shape index (κ3) is 5.95. The van der Waals surface area contributed by atoms with E-state index in [9.17, 15) is 0 Å². The van der Waals surface area contributed by atoms with Crippen LogP contribution >= 0.6 is 0 Å². The molecule has 0 radical (unpaired) electrons. The van der Waals surface area contributed by atoms with Gasteiger partial charge in [-0.1, -0.05) is 224 Å². The maximum absolute atomic E-state index is 7.64. The van der Waals surface area contributed by atoms with Crippen LogP contribution < -0.4 is 4.90 Å². The number of benzene rings is 11. The Morgan fingerprint density at radius 3 is 1.60 bits per heavy atom. The summed E-state index contributed by atoms with van der Waals surface area (Å²) in [6.45, 7) is 0. The number of para-hydroxylation sites is 3. The van der Waals surface area contributed by atoms with Gasteiger partial charge in [0.05, 0.1) is 16.8 Å². The lowest BCUT2D eigenvalue weighted by Gasteiger charge is -2.34. The fourth-order valence-corrected chi connectivity index (χ4v) is 11.6. The Bertz CT molecular complexity index is 4060. The first-order valence-corrected chi connectivity index (χ1v) is 24.0. The van der Waals surface area contributed by atoms with Crippen molar-refractivity contribution in [1.82, 2.24) is 0 Å². The van der Waals surface area contributed by atoms with Crippen molar-refractivity contribution in [3.63, 3.8) is 0 Å². The van der Waals surface area contributed by atoms with Crippen molar-refractivity contribution in [2.45, 2.75) is 5.41 Å². The van der Waals surface area contributed by atoms with Gasteiger partial charge in [-0.15, -0.1) is 0 Å². The van der Waals surface area contributed by atoms with Gasteiger partial charge in [0.1, 0.15) is 16.7 Å². The lowest BCUT2D eigenvalue weighted by Crippen LogP contribution is -2.28. The molecular formula is C67H43NO2. The van der Waals surface area contributed by atoms with Gasteiger partial charge in [0.25, 0.3) is 0 Å². The maximum Gasteiger partial charge on any atom is 0.159 e. The van der Waals surface area contributed by atoms with Crippen LogP contribution in [-0.4, -0.2) is 0 Å². The van der Waals surface area contributed by atoms with E-state index in [0.29, 0.717) is 0 Å². The first-order valence-electron chi connectivity index (χ1n) is 24.0. The molecule has 328 valence electrons. The molecule has 14 rings (SSSR count). The zero-order chi connectivity index (χ0) is 46.2. The van der Waals surface area contributed by atoms with E-state index in [2.05, 4.69) is 266 Å². The first kappa shape index (κ1) is 39.9. The van der Waals surface area contributed by atoms with E-state index in [1.54, 1.807) is 0 Å². The van der Waals surface area contributed by atoms with E-state index in [1.165, 1.54) is 38.9 Å². The van der Waals surface area contributed by atoms with E-state index >= 15 is 0 Å². The molecular weight excluding hydrogens is 851 g/mol. The monoisotopic (exact) mass is 893 g/mol. The average Bonchev–Trinajstić information content (AvgIpc) is 4.10. The number of hydrogen-bond donors (Lipinski definition) is 0. The highest BCUT2D eigenvalue weighted by Crippen LogP contribution is 2.60. The van der Waals surface area contributed by atoms with Gasteiger partial charge in [0.2, 0.25) is 0 Å². The minimum absolute atomic E-state index is 0.570. The van der Waals surface area contributed by atoms with E-state index in [4.69, 9.17) is 8.83 Å². The molecule has 2 aromatic heterocycles. The van der Waals surface area contributed by atoms with Gasteiger partial charge in [-0.2, -0.15) is 0 Å². The Balaban J connectivity index is 1.08. The van der Waals surface area contributed by atoms with Gasteiger partial charge in [-0.25, -0.2) is 0 Å². The lowest BCUT2D eigenvalue weighted by atomic mass is 9.67. The molecule has 3 nitrogen and oxygen atoms in total. The van der Waals surface area contributed by atoms with E-state index in [-0.39, 0.29) is 0 Å². The predicted molar refractivity (Wildman–Crippen MR) is 289 cm³/mol. The van der Waals surface area contributed by atoms with E-state index in [0.717, 1.165) is 88.8 Å². The van der Waals surface area contributed by atoms with Crippen LogP contribution in [0.5, 0.6) is 0 Å². The summed E-state index contributed by atoms with van der Waals surface area (Å²) in [6, 6.07) is 93.8. The highest BCUT2D eigenvalue weighted by Gasteiger charge is 2.47. The SMILES string of the molecule is c1ccc(-c2ccc(N(c3ccccc3-c3ccccc3)c3cccc4c3oc3c(-c5cccc6c5-c5ccccc5C6(c5ccccc5)c5ccccc5)c5c(cc34)oc3ccccc35)cc2)cc1. The Kier molecular flexibility index (Phi) is 9.11. The summed E-state index contributed by atoms with van der Waals surface area (Å²) < 4.78 is 14.5. The molecule has 70 heavy (non-hydrogen) atoms. The van der Waals surface area contributed by atoms with Crippen LogP contribution in [0.25, 0.3) is 88.4 Å². The number of nitrogens with zero attached hydrogens (tertiary/aromatic N) is 1. The molecule has 1 aliphatic rings. The van der Waals surface area contributed by atoms with Gasteiger partial charge in [0, 0.05) is 38.4 Å². The van der Waals surface area contributed by atoms with Crippen molar-refractivity contribution in [2.24, 2.45) is 0 Å². The molecule has 0 saturated carbocycles. The summed E-state index contributed by atoms with van der Waals surface area (Å²) in [5.74, 6) is 0. The molecule has 0 unspecified atom stereocenters. The molecule has 11 aromatic carbocycles. The minimum atomic E-state index is -0.570. The third-order valence-corrected chi connectivity index (χ3v) is 14.6. The Labute approximate surface area is 405 Å². The Morgan fingerprint density at radius 2 is 0.857 bits per heavy atom. The molecule has 1 aliphatic carbocycles. The fraction of sp³-hybridized carbons (Fsp3) is 0.0149. The smallest absolute Gasteiger partial charge is 0.159 e. The second-order valence-electron chi connectivity index (χ2n) is 18.2. The molecule has 2 heterocycles. The molecule has 0 atom stereocenters. The zero-order valence-electron chi connectivity index (χ0n) is 38.1. The highest BCUT2D eigenvalue weighted by molar-refractivity contribution is 6.26. The second kappa shape index (κ2) is 16.0. The van der Waals surface area contributed by atoms with Crippen molar-refractivity contribution in [2.75, 3.05) is 4.90 Å². The number of anilines is 3. The van der Waals surface area contributed by atoms with E-state index in [1.807, 2.05) is 0 Å². The van der Waals surface area contributed by atoms with Gasteiger partial charge >= 0.3 is 0 Å². The van der Waals surface area contributed by atoms with Crippen LogP contribution in [0.1, 0.15) is 22.3 Å². The van der Waals surface area contributed by atoms with Crippen molar-refractivity contribution in [3.05, 3.63) is 283 Å². The Morgan fingerprint density at radius 1 is 0.314 bits per heavy atom. The summed E-state index contributed by atoms with van der Waals surface area (Å²) in [7, 11) is 0. The second-order valence-corrected chi connectivity index (χ2v) is 18.2. The number of rotatable bonds is 8. The molecule has 0 aliphatic heterocycles. The Hall–Kier alpha value is -9.18. The number of fused-ring (bicyclic) bond motifs is 9. The van der Waals surface area contributed by atoms with Crippen LogP contribution in [0.3, 0.4) is 0 Å². The predicted octanol–water partition coefficient (Wildman–Crippen LogP) is 18.3. The zero-order valence-corrected chi connectivity index (χ0v) is 38.1. The van der Waals surface area contributed by atoms with Gasteiger partial charge < -0.3 is 13.7 Å². The van der Waals surface area contributed by atoms with Crippen LogP contribution in [-0.2, 0) is 5.41 Å². The van der Waals surface area contributed by atoms with Crippen LogP contribution in [0.2, 0.25) is 0 Å². The van der Waals surface area contributed by atoms with Crippen LogP contribution in [0, 0.1) is 0 Å². The molecule has 3 heteroatoms. The largest absolute Gasteiger partial charge is 0.456 e. The lowest BCUT2D eigenvalue weighted by molar-refractivity contribution is 0.665. The van der Waals surface area contributed by atoms with Crippen molar-refractivity contribution in [3.8, 4) is 44.5 Å².